The van der Waals surface area contributed by atoms with Gasteiger partial charge in [0.05, 0.1) is 16.2 Å². The normalized spacial score (nSPS) is 14.5. The first-order valence-electron chi connectivity index (χ1n) is 6.75. The van der Waals surface area contributed by atoms with Gasteiger partial charge in [-0.2, -0.15) is 0 Å². The van der Waals surface area contributed by atoms with Gasteiger partial charge in [0.2, 0.25) is 0 Å². The molecule has 0 fully saturated rings. The third kappa shape index (κ3) is 2.28. The number of hydrogen-bond donors (Lipinski definition) is 1. The van der Waals surface area contributed by atoms with E-state index in [0.717, 1.165) is 36.0 Å². The lowest BCUT2D eigenvalue weighted by molar-refractivity contribution is 0.672. The number of nitrogens with zero attached hydrogens (tertiary/aromatic N) is 1. The van der Waals surface area contributed by atoms with E-state index in [9.17, 15) is 0 Å². The van der Waals surface area contributed by atoms with E-state index in [-0.39, 0.29) is 0 Å². The lowest BCUT2D eigenvalue weighted by Gasteiger charge is -2.22. The zero-order chi connectivity index (χ0) is 13.4. The van der Waals surface area contributed by atoms with Gasteiger partial charge in [0.1, 0.15) is 0 Å². The van der Waals surface area contributed by atoms with Gasteiger partial charge in [-0.1, -0.05) is 23.2 Å². The van der Waals surface area contributed by atoms with E-state index in [1.165, 1.54) is 24.1 Å². The lowest BCUT2D eigenvalue weighted by atomic mass is 9.92. The molecule has 0 aliphatic heterocycles. The van der Waals surface area contributed by atoms with Crippen molar-refractivity contribution in [2.45, 2.75) is 32.6 Å². The summed E-state index contributed by atoms with van der Waals surface area (Å²) in [6, 6.07) is 3.70. The Morgan fingerprint density at radius 3 is 2.79 bits per heavy atom. The van der Waals surface area contributed by atoms with Crippen LogP contribution in [-0.4, -0.2) is 11.5 Å². The van der Waals surface area contributed by atoms with Crippen LogP contribution in [0.15, 0.2) is 12.1 Å². The van der Waals surface area contributed by atoms with Crippen molar-refractivity contribution >= 4 is 39.8 Å². The molecule has 1 aliphatic rings. The van der Waals surface area contributed by atoms with Crippen LogP contribution in [0.3, 0.4) is 0 Å². The maximum absolute atomic E-state index is 6.38. The summed E-state index contributed by atoms with van der Waals surface area (Å²) < 4.78 is 0. The smallest absolute Gasteiger partial charge is 0.0756 e. The van der Waals surface area contributed by atoms with Gasteiger partial charge in [-0.25, -0.2) is 0 Å². The molecule has 1 aromatic heterocycles. The van der Waals surface area contributed by atoms with Crippen molar-refractivity contribution in [3.63, 3.8) is 0 Å². The van der Waals surface area contributed by atoms with E-state index in [1.54, 1.807) is 6.07 Å². The fourth-order valence-corrected chi connectivity index (χ4v) is 3.42. The van der Waals surface area contributed by atoms with Crippen molar-refractivity contribution in [2.24, 2.45) is 0 Å². The van der Waals surface area contributed by atoms with Crippen LogP contribution in [0.5, 0.6) is 0 Å². The number of rotatable bonds is 2. The fraction of sp³-hybridized carbons (Fsp3) is 0.400. The topological polar surface area (TPSA) is 24.9 Å². The molecule has 0 saturated heterocycles. The molecule has 0 atom stereocenters. The molecule has 0 unspecified atom stereocenters. The quantitative estimate of drug-likeness (QED) is 0.856. The highest BCUT2D eigenvalue weighted by molar-refractivity contribution is 6.39. The Morgan fingerprint density at radius 2 is 2.00 bits per heavy atom. The number of anilines is 1. The van der Waals surface area contributed by atoms with Crippen LogP contribution in [0, 0.1) is 0 Å². The molecule has 100 valence electrons. The van der Waals surface area contributed by atoms with Gasteiger partial charge in [0.15, 0.2) is 0 Å². The molecule has 1 N–H and O–H groups in total. The monoisotopic (exact) mass is 294 g/mol. The van der Waals surface area contributed by atoms with Crippen molar-refractivity contribution < 1.29 is 0 Å². The van der Waals surface area contributed by atoms with Crippen molar-refractivity contribution in [3.8, 4) is 0 Å². The largest absolute Gasteiger partial charge is 0.384 e. The molecule has 0 spiro atoms. The highest BCUT2D eigenvalue weighted by Gasteiger charge is 2.19. The van der Waals surface area contributed by atoms with Crippen molar-refractivity contribution in [1.82, 2.24) is 4.98 Å². The Kier molecular flexibility index (Phi) is 3.55. The summed E-state index contributed by atoms with van der Waals surface area (Å²) in [5.74, 6) is 0. The maximum atomic E-state index is 6.38. The first-order chi connectivity index (χ1) is 9.20. The van der Waals surface area contributed by atoms with Crippen molar-refractivity contribution in [1.29, 1.82) is 0 Å². The number of aromatic nitrogens is 1. The van der Waals surface area contributed by atoms with Crippen LogP contribution in [-0.2, 0) is 12.8 Å². The fourth-order valence-electron chi connectivity index (χ4n) is 2.85. The summed E-state index contributed by atoms with van der Waals surface area (Å²) in [5, 5.41) is 5.80. The molecule has 4 heteroatoms. The lowest BCUT2D eigenvalue weighted by Crippen LogP contribution is -2.11. The number of hydrogen-bond acceptors (Lipinski definition) is 2. The molecule has 3 rings (SSSR count). The number of benzene rings is 1. The number of aryl methyl sites for hydroxylation is 1. The molecule has 19 heavy (non-hydrogen) atoms. The van der Waals surface area contributed by atoms with E-state index in [0.29, 0.717) is 10.0 Å². The van der Waals surface area contributed by atoms with Crippen LogP contribution in [0.1, 0.15) is 31.0 Å². The van der Waals surface area contributed by atoms with Crippen LogP contribution in [0.2, 0.25) is 10.0 Å². The zero-order valence-corrected chi connectivity index (χ0v) is 12.4. The minimum atomic E-state index is 0.642. The molecule has 1 aliphatic carbocycles. The van der Waals surface area contributed by atoms with Gasteiger partial charge in [0.25, 0.3) is 0 Å². The highest BCUT2D eigenvalue weighted by atomic mass is 35.5. The number of halogens is 2. The number of pyridine rings is 1. The molecule has 0 amide bonds. The molecule has 2 nitrogen and oxygen atoms in total. The second-order valence-corrected chi connectivity index (χ2v) is 5.77. The third-order valence-electron chi connectivity index (χ3n) is 3.63. The van der Waals surface area contributed by atoms with Gasteiger partial charge < -0.3 is 5.32 Å². The van der Waals surface area contributed by atoms with Gasteiger partial charge in [-0.3, -0.25) is 4.98 Å². The summed E-state index contributed by atoms with van der Waals surface area (Å²) in [5.41, 5.74) is 4.59. The molecule has 1 aromatic carbocycles. The summed E-state index contributed by atoms with van der Waals surface area (Å²) in [7, 11) is 0. The number of nitrogens with one attached hydrogen (secondary N) is 1. The zero-order valence-electron chi connectivity index (χ0n) is 10.9. The second kappa shape index (κ2) is 5.18. The van der Waals surface area contributed by atoms with E-state index in [4.69, 9.17) is 28.2 Å². The molecular formula is C15H16Cl2N2. The molecular weight excluding hydrogens is 279 g/mol. The average Bonchev–Trinajstić information content (AvgIpc) is 2.38. The van der Waals surface area contributed by atoms with Gasteiger partial charge in [-0.05, 0) is 50.3 Å². The maximum Gasteiger partial charge on any atom is 0.0756 e. The molecule has 0 saturated carbocycles. The van der Waals surface area contributed by atoms with Crippen molar-refractivity contribution in [2.75, 3.05) is 11.9 Å². The van der Waals surface area contributed by atoms with Crippen LogP contribution < -0.4 is 5.32 Å². The summed E-state index contributed by atoms with van der Waals surface area (Å²) in [6.45, 7) is 2.98. The molecule has 1 heterocycles. The Bertz CT molecular complexity index is 638. The Morgan fingerprint density at radius 1 is 1.21 bits per heavy atom. The Balaban J connectivity index is 2.35. The SMILES string of the molecule is CCNc1c2c(nc3cc(Cl)cc(Cl)c13)CCCC2. The average molecular weight is 295 g/mol. The third-order valence-corrected chi connectivity index (χ3v) is 4.15. The first kappa shape index (κ1) is 13.0. The minimum Gasteiger partial charge on any atom is -0.384 e. The second-order valence-electron chi connectivity index (χ2n) is 4.93. The predicted octanol–water partition coefficient (Wildman–Crippen LogP) is 4.85. The van der Waals surface area contributed by atoms with Gasteiger partial charge in [-0.15, -0.1) is 0 Å². The summed E-state index contributed by atoms with van der Waals surface area (Å²) in [6.07, 6.45) is 4.57. The standard InChI is InChI=1S/C15H16Cl2N2/c1-2-18-15-10-5-3-4-6-12(10)19-13-8-9(16)7-11(17)14(13)15/h7-8H,2-6H2,1H3,(H,18,19). The summed E-state index contributed by atoms with van der Waals surface area (Å²) >= 11 is 12.5. The predicted molar refractivity (Wildman–Crippen MR) is 82.6 cm³/mol. The van der Waals surface area contributed by atoms with Gasteiger partial charge >= 0.3 is 0 Å². The highest BCUT2D eigenvalue weighted by Crippen LogP contribution is 2.38. The van der Waals surface area contributed by atoms with Gasteiger partial charge in [0, 0.05) is 22.6 Å². The first-order valence-corrected chi connectivity index (χ1v) is 7.50. The van der Waals surface area contributed by atoms with Crippen LogP contribution >= 0.6 is 23.2 Å². The van der Waals surface area contributed by atoms with E-state index in [1.807, 2.05) is 6.07 Å². The summed E-state index contributed by atoms with van der Waals surface area (Å²) in [4.78, 5) is 4.77. The van der Waals surface area contributed by atoms with Crippen LogP contribution in [0.4, 0.5) is 5.69 Å². The van der Waals surface area contributed by atoms with Crippen molar-refractivity contribution in [3.05, 3.63) is 33.4 Å². The minimum absolute atomic E-state index is 0.642. The number of fused-ring (bicyclic) bond motifs is 2. The Hall–Kier alpha value is -0.990. The van der Waals surface area contributed by atoms with E-state index >= 15 is 0 Å². The van der Waals surface area contributed by atoms with E-state index < -0.39 is 0 Å². The van der Waals surface area contributed by atoms with E-state index in [2.05, 4.69) is 12.2 Å². The molecule has 0 bridgehead atoms. The van der Waals surface area contributed by atoms with Crippen LogP contribution in [0.25, 0.3) is 10.9 Å². The molecule has 0 radical (unpaired) electrons. The molecule has 2 aromatic rings. The Labute approximate surface area is 123 Å².